The van der Waals surface area contributed by atoms with E-state index in [2.05, 4.69) is 0 Å². The van der Waals surface area contributed by atoms with Crippen LogP contribution in [-0.4, -0.2) is 22.3 Å². The number of rotatable bonds is 3. The van der Waals surface area contributed by atoms with Gasteiger partial charge >= 0.3 is 5.97 Å². The maximum atomic E-state index is 9.89. The van der Waals surface area contributed by atoms with E-state index in [0.29, 0.717) is 0 Å². The molecule has 2 N–H and O–H groups in total. The lowest BCUT2D eigenvalue weighted by atomic mass is 10.2. The van der Waals surface area contributed by atoms with Gasteiger partial charge in [-0.05, 0) is 6.92 Å². The highest BCUT2D eigenvalue weighted by atomic mass is 16.4. The van der Waals surface area contributed by atoms with E-state index < -0.39 is 12.1 Å². The second-order valence-corrected chi connectivity index (χ2v) is 1.69. The summed E-state index contributed by atoms with van der Waals surface area (Å²) in [5.41, 5.74) is 0. The molecule has 0 saturated carbocycles. The van der Waals surface area contributed by atoms with Gasteiger partial charge in [-0.25, -0.2) is 0 Å². The number of hydrogen-bond acceptors (Lipinski definition) is 2. The lowest BCUT2D eigenvalue weighted by Gasteiger charge is -1.97. The van der Waals surface area contributed by atoms with E-state index in [0.717, 1.165) is 0 Å². The lowest BCUT2D eigenvalue weighted by Crippen LogP contribution is -2.09. The molecule has 0 aromatic rings. The van der Waals surface area contributed by atoms with Gasteiger partial charge in [0.1, 0.15) is 0 Å². The van der Waals surface area contributed by atoms with E-state index in [9.17, 15) is 4.79 Å². The van der Waals surface area contributed by atoms with E-state index in [4.69, 9.17) is 10.2 Å². The Balaban J connectivity index is 3.50. The SMILES string of the molecule is C/C=C/[C@@H](O)CC(=O)O. The normalized spacial score (nSPS) is 14.0. The first-order valence-electron chi connectivity index (χ1n) is 2.69. The molecule has 0 saturated heterocycles. The van der Waals surface area contributed by atoms with Gasteiger partial charge in [-0.15, -0.1) is 0 Å². The molecule has 52 valence electrons. The first-order valence-corrected chi connectivity index (χ1v) is 2.69. The van der Waals surface area contributed by atoms with Crippen LogP contribution in [0.25, 0.3) is 0 Å². The van der Waals surface area contributed by atoms with E-state index in [1.807, 2.05) is 0 Å². The van der Waals surface area contributed by atoms with Gasteiger partial charge in [-0.3, -0.25) is 4.79 Å². The molecule has 3 heteroatoms. The Morgan fingerprint density at radius 3 is 2.67 bits per heavy atom. The van der Waals surface area contributed by atoms with Crippen molar-refractivity contribution in [3.8, 4) is 0 Å². The van der Waals surface area contributed by atoms with Crippen LogP contribution in [-0.2, 0) is 4.79 Å². The van der Waals surface area contributed by atoms with Gasteiger partial charge in [0.15, 0.2) is 0 Å². The predicted molar refractivity (Wildman–Crippen MR) is 33.1 cm³/mol. The molecule has 0 fully saturated rings. The zero-order valence-corrected chi connectivity index (χ0v) is 5.24. The third-order valence-electron chi connectivity index (χ3n) is 0.798. The van der Waals surface area contributed by atoms with Crippen LogP contribution in [0.5, 0.6) is 0 Å². The minimum atomic E-state index is -0.986. The molecule has 0 heterocycles. The largest absolute Gasteiger partial charge is 0.481 e. The molecule has 0 rings (SSSR count). The second-order valence-electron chi connectivity index (χ2n) is 1.69. The molecular weight excluding hydrogens is 120 g/mol. The summed E-state index contributed by atoms with van der Waals surface area (Å²) in [6, 6.07) is 0. The second kappa shape index (κ2) is 4.09. The van der Waals surface area contributed by atoms with Crippen LogP contribution in [0.2, 0.25) is 0 Å². The standard InChI is InChI=1S/C6H10O3/c1-2-3-5(7)4-6(8)9/h2-3,5,7H,4H2,1H3,(H,8,9)/b3-2+/t5-/m1/s1. The summed E-state index contributed by atoms with van der Waals surface area (Å²) in [5, 5.41) is 16.9. The van der Waals surface area contributed by atoms with Gasteiger partial charge in [0, 0.05) is 0 Å². The van der Waals surface area contributed by atoms with E-state index in [1.165, 1.54) is 6.08 Å². The zero-order chi connectivity index (χ0) is 7.28. The van der Waals surface area contributed by atoms with Crippen molar-refractivity contribution in [2.45, 2.75) is 19.4 Å². The van der Waals surface area contributed by atoms with Crippen molar-refractivity contribution in [3.63, 3.8) is 0 Å². The topological polar surface area (TPSA) is 57.5 Å². The quantitative estimate of drug-likeness (QED) is 0.543. The van der Waals surface area contributed by atoms with Crippen LogP contribution in [0, 0.1) is 0 Å². The van der Waals surface area contributed by atoms with Gasteiger partial charge < -0.3 is 10.2 Å². The lowest BCUT2D eigenvalue weighted by molar-refractivity contribution is -0.138. The van der Waals surface area contributed by atoms with E-state index >= 15 is 0 Å². The number of aliphatic hydroxyl groups is 1. The van der Waals surface area contributed by atoms with E-state index in [1.54, 1.807) is 13.0 Å². The van der Waals surface area contributed by atoms with Gasteiger partial charge in [0.2, 0.25) is 0 Å². The fraction of sp³-hybridized carbons (Fsp3) is 0.500. The molecule has 0 spiro atoms. The predicted octanol–water partition coefficient (Wildman–Crippen LogP) is 0.398. The maximum Gasteiger partial charge on any atom is 0.306 e. The van der Waals surface area contributed by atoms with Crippen molar-refractivity contribution in [2.75, 3.05) is 0 Å². The number of allylic oxidation sites excluding steroid dienone is 1. The van der Waals surface area contributed by atoms with Crippen molar-refractivity contribution in [1.82, 2.24) is 0 Å². The molecule has 0 radical (unpaired) electrons. The Kier molecular flexibility index (Phi) is 3.71. The molecule has 0 aliphatic heterocycles. The fourth-order valence-electron chi connectivity index (χ4n) is 0.469. The molecule has 1 atom stereocenters. The van der Waals surface area contributed by atoms with Crippen molar-refractivity contribution in [2.24, 2.45) is 0 Å². The monoisotopic (exact) mass is 130 g/mol. The number of carboxylic acids is 1. The summed E-state index contributed by atoms with van der Waals surface area (Å²) in [6.45, 7) is 1.73. The van der Waals surface area contributed by atoms with Crippen LogP contribution >= 0.6 is 0 Å². The smallest absolute Gasteiger partial charge is 0.306 e. The molecule has 0 aliphatic carbocycles. The summed E-state index contributed by atoms with van der Waals surface area (Å²) < 4.78 is 0. The Labute approximate surface area is 53.6 Å². The Bertz CT molecular complexity index is 117. The molecule has 0 unspecified atom stereocenters. The molecular formula is C6H10O3. The third-order valence-corrected chi connectivity index (χ3v) is 0.798. The fourth-order valence-corrected chi connectivity index (χ4v) is 0.469. The number of aliphatic hydroxyl groups excluding tert-OH is 1. The summed E-state index contributed by atoms with van der Waals surface area (Å²) in [6.07, 6.45) is 2.00. The van der Waals surface area contributed by atoms with Gasteiger partial charge in [0.25, 0.3) is 0 Å². The minimum Gasteiger partial charge on any atom is -0.481 e. The number of carboxylic acid groups (broad SMARTS) is 1. The average molecular weight is 130 g/mol. The summed E-state index contributed by atoms with van der Waals surface area (Å²) >= 11 is 0. The molecule has 0 aliphatic rings. The molecule has 0 amide bonds. The highest BCUT2D eigenvalue weighted by Gasteiger charge is 2.03. The molecule has 0 aromatic heterocycles. The van der Waals surface area contributed by atoms with Crippen LogP contribution in [0.4, 0.5) is 0 Å². The molecule has 0 bridgehead atoms. The van der Waals surface area contributed by atoms with Crippen molar-refractivity contribution >= 4 is 5.97 Å². The molecule has 0 aromatic carbocycles. The van der Waals surface area contributed by atoms with Crippen molar-refractivity contribution in [1.29, 1.82) is 0 Å². The summed E-state index contributed by atoms with van der Waals surface area (Å²) in [5.74, 6) is -0.986. The minimum absolute atomic E-state index is 0.218. The number of carbonyl (C=O) groups is 1. The number of hydrogen-bond donors (Lipinski definition) is 2. The van der Waals surface area contributed by atoms with Gasteiger partial charge in [-0.1, -0.05) is 12.2 Å². The molecule has 9 heavy (non-hydrogen) atoms. The van der Waals surface area contributed by atoms with Crippen LogP contribution in [0.3, 0.4) is 0 Å². The summed E-state index contributed by atoms with van der Waals surface area (Å²) in [7, 11) is 0. The third kappa shape index (κ3) is 5.03. The first kappa shape index (κ1) is 8.17. The Morgan fingerprint density at radius 1 is 1.78 bits per heavy atom. The zero-order valence-electron chi connectivity index (χ0n) is 5.24. The average Bonchev–Trinajstić information content (AvgIpc) is 1.63. The van der Waals surface area contributed by atoms with Gasteiger partial charge in [0.05, 0.1) is 12.5 Å². The van der Waals surface area contributed by atoms with Crippen molar-refractivity contribution in [3.05, 3.63) is 12.2 Å². The van der Waals surface area contributed by atoms with Crippen LogP contribution in [0.1, 0.15) is 13.3 Å². The Hall–Kier alpha value is -0.830. The van der Waals surface area contributed by atoms with E-state index in [-0.39, 0.29) is 6.42 Å². The maximum absolute atomic E-state index is 9.89. The molecule has 3 nitrogen and oxygen atoms in total. The number of aliphatic carboxylic acids is 1. The highest BCUT2D eigenvalue weighted by Crippen LogP contribution is 1.91. The van der Waals surface area contributed by atoms with Crippen LogP contribution in [0.15, 0.2) is 12.2 Å². The Morgan fingerprint density at radius 2 is 2.33 bits per heavy atom. The first-order chi connectivity index (χ1) is 4.16. The van der Waals surface area contributed by atoms with Gasteiger partial charge in [-0.2, -0.15) is 0 Å². The highest BCUT2D eigenvalue weighted by molar-refractivity contribution is 5.67. The van der Waals surface area contributed by atoms with Crippen molar-refractivity contribution < 1.29 is 15.0 Å². The van der Waals surface area contributed by atoms with Crippen LogP contribution < -0.4 is 0 Å². The summed E-state index contributed by atoms with van der Waals surface area (Å²) in [4.78, 5) is 9.89.